The first kappa shape index (κ1) is 15.1. The molecule has 21 heavy (non-hydrogen) atoms. The van der Waals surface area contributed by atoms with Gasteiger partial charge in [0.05, 0.1) is 16.8 Å². The monoisotopic (exact) mass is 289 g/mol. The molecule has 0 aliphatic heterocycles. The number of hydrogen-bond acceptors (Lipinski definition) is 5. The third-order valence-corrected chi connectivity index (χ3v) is 2.92. The summed E-state index contributed by atoms with van der Waals surface area (Å²) >= 11 is 0. The second-order valence-corrected chi connectivity index (χ2v) is 6.01. The minimum atomic E-state index is -0.406. The maximum absolute atomic E-state index is 11.1. The number of nitro benzene ring substituents is 1. The number of rotatable bonds is 4. The lowest BCUT2D eigenvalue weighted by Gasteiger charge is -2.19. The molecule has 7 nitrogen and oxygen atoms in total. The lowest BCUT2D eigenvalue weighted by molar-refractivity contribution is -0.384. The summed E-state index contributed by atoms with van der Waals surface area (Å²) in [5, 5.41) is 22.5. The molecule has 0 saturated heterocycles. The van der Waals surface area contributed by atoms with Crippen LogP contribution in [0.3, 0.4) is 0 Å². The van der Waals surface area contributed by atoms with Crippen LogP contribution in [0.4, 0.5) is 5.69 Å². The van der Waals surface area contributed by atoms with E-state index < -0.39 is 4.92 Å². The molecule has 0 atom stereocenters. The topological polar surface area (TPSA) is 85.9 Å². The second-order valence-electron chi connectivity index (χ2n) is 6.01. The summed E-state index contributed by atoms with van der Waals surface area (Å²) in [6.07, 6.45) is 1.70. The van der Waals surface area contributed by atoms with Crippen LogP contribution in [0.25, 0.3) is 5.69 Å². The highest BCUT2D eigenvalue weighted by Crippen LogP contribution is 2.23. The zero-order valence-electron chi connectivity index (χ0n) is 12.6. The van der Waals surface area contributed by atoms with Crippen LogP contribution in [0.15, 0.2) is 24.4 Å². The van der Waals surface area contributed by atoms with Gasteiger partial charge in [-0.1, -0.05) is 11.3 Å². The van der Waals surface area contributed by atoms with E-state index in [0.29, 0.717) is 12.2 Å². The predicted molar refractivity (Wildman–Crippen MR) is 79.3 cm³/mol. The molecule has 1 aromatic carbocycles. The Balaban J connectivity index is 2.28. The van der Waals surface area contributed by atoms with Crippen molar-refractivity contribution in [3.8, 4) is 5.69 Å². The number of benzene rings is 1. The summed E-state index contributed by atoms with van der Waals surface area (Å²) in [6, 6.07) is 5.03. The van der Waals surface area contributed by atoms with Crippen molar-refractivity contribution in [1.29, 1.82) is 0 Å². The van der Waals surface area contributed by atoms with Crippen molar-refractivity contribution in [2.24, 2.45) is 0 Å². The van der Waals surface area contributed by atoms with Crippen molar-refractivity contribution in [3.05, 3.63) is 45.8 Å². The van der Waals surface area contributed by atoms with Gasteiger partial charge in [-0.3, -0.25) is 10.1 Å². The van der Waals surface area contributed by atoms with Gasteiger partial charge in [0.2, 0.25) is 0 Å². The van der Waals surface area contributed by atoms with E-state index in [4.69, 9.17) is 0 Å². The van der Waals surface area contributed by atoms with E-state index in [0.717, 1.165) is 11.3 Å². The molecule has 0 spiro atoms. The largest absolute Gasteiger partial charge is 0.306 e. The Morgan fingerprint density at radius 2 is 2.10 bits per heavy atom. The van der Waals surface area contributed by atoms with Crippen LogP contribution in [0, 0.1) is 17.0 Å². The van der Waals surface area contributed by atoms with Crippen molar-refractivity contribution >= 4 is 5.69 Å². The number of nitro groups is 1. The average molecular weight is 289 g/mol. The van der Waals surface area contributed by atoms with Gasteiger partial charge in [-0.05, 0) is 39.3 Å². The molecule has 0 aliphatic rings. The molecule has 1 aromatic heterocycles. The van der Waals surface area contributed by atoms with Crippen molar-refractivity contribution in [3.63, 3.8) is 0 Å². The highest BCUT2D eigenvalue weighted by Gasteiger charge is 2.17. The molecule has 1 heterocycles. The van der Waals surface area contributed by atoms with Crippen molar-refractivity contribution < 1.29 is 4.92 Å². The van der Waals surface area contributed by atoms with Gasteiger partial charge in [0.15, 0.2) is 0 Å². The first-order valence-corrected chi connectivity index (χ1v) is 6.68. The van der Waals surface area contributed by atoms with Gasteiger partial charge in [0, 0.05) is 18.2 Å². The van der Waals surface area contributed by atoms with Gasteiger partial charge >= 0.3 is 0 Å². The van der Waals surface area contributed by atoms with E-state index in [2.05, 4.69) is 36.4 Å². The normalized spacial score (nSPS) is 11.6. The van der Waals surface area contributed by atoms with Crippen LogP contribution in [0.5, 0.6) is 0 Å². The van der Waals surface area contributed by atoms with Gasteiger partial charge in [0.1, 0.15) is 5.69 Å². The molecule has 7 heteroatoms. The summed E-state index contributed by atoms with van der Waals surface area (Å²) in [5.74, 6) is 0. The van der Waals surface area contributed by atoms with Crippen molar-refractivity contribution in [2.75, 3.05) is 0 Å². The molecule has 1 N–H and O–H groups in total. The third-order valence-electron chi connectivity index (χ3n) is 2.92. The number of nitrogens with one attached hydrogen (secondary N) is 1. The standard InChI is InChI=1S/C14H19N5O2/c1-10-5-6-12(13(7-10)19(20)21)18-9-11(16-17-18)8-15-14(2,3)4/h5-7,9,15H,8H2,1-4H3. The summed E-state index contributed by atoms with van der Waals surface area (Å²) in [4.78, 5) is 10.7. The zero-order valence-corrected chi connectivity index (χ0v) is 12.6. The first-order chi connectivity index (χ1) is 9.76. The van der Waals surface area contributed by atoms with Crippen LogP contribution in [-0.4, -0.2) is 25.5 Å². The highest BCUT2D eigenvalue weighted by atomic mass is 16.6. The summed E-state index contributed by atoms with van der Waals surface area (Å²) in [7, 11) is 0. The maximum atomic E-state index is 11.1. The Morgan fingerprint density at radius 1 is 1.38 bits per heavy atom. The van der Waals surface area contributed by atoms with Gasteiger partial charge in [0.25, 0.3) is 5.69 Å². The summed E-state index contributed by atoms with van der Waals surface area (Å²) in [5.41, 5.74) is 1.98. The first-order valence-electron chi connectivity index (χ1n) is 6.68. The Labute approximate surface area is 123 Å². The minimum Gasteiger partial charge on any atom is -0.306 e. The number of nitrogens with zero attached hydrogens (tertiary/aromatic N) is 4. The highest BCUT2D eigenvalue weighted by molar-refractivity contribution is 5.53. The quantitative estimate of drug-likeness (QED) is 0.690. The van der Waals surface area contributed by atoms with E-state index in [1.807, 2.05) is 13.0 Å². The molecule has 0 fully saturated rings. The Hall–Kier alpha value is -2.28. The molecule has 0 bridgehead atoms. The molecule has 0 aliphatic carbocycles. The predicted octanol–water partition coefficient (Wildman–Crippen LogP) is 2.37. The summed E-state index contributed by atoms with van der Waals surface area (Å²) < 4.78 is 1.44. The smallest absolute Gasteiger partial charge is 0.295 e. The fourth-order valence-corrected chi connectivity index (χ4v) is 1.83. The van der Waals surface area contributed by atoms with Crippen LogP contribution in [0.2, 0.25) is 0 Å². The Bertz CT molecular complexity index is 658. The SMILES string of the molecule is Cc1ccc(-n2cc(CNC(C)(C)C)nn2)c([N+](=O)[O-])c1. The fraction of sp³-hybridized carbons (Fsp3) is 0.429. The molecule has 112 valence electrons. The van der Waals surface area contributed by atoms with Gasteiger partial charge in [-0.15, -0.1) is 5.10 Å². The van der Waals surface area contributed by atoms with Crippen LogP contribution < -0.4 is 5.32 Å². The second kappa shape index (κ2) is 5.61. The Kier molecular flexibility index (Phi) is 4.04. The lowest BCUT2D eigenvalue weighted by atomic mass is 10.1. The lowest BCUT2D eigenvalue weighted by Crippen LogP contribution is -2.35. The fourth-order valence-electron chi connectivity index (χ4n) is 1.83. The number of aryl methyl sites for hydroxylation is 1. The molecule has 0 saturated carbocycles. The molecule has 0 radical (unpaired) electrons. The maximum Gasteiger partial charge on any atom is 0.295 e. The van der Waals surface area contributed by atoms with Crippen molar-refractivity contribution in [2.45, 2.75) is 39.8 Å². The minimum absolute atomic E-state index is 0.0234. The zero-order chi connectivity index (χ0) is 15.6. The molecule has 2 rings (SSSR count). The molecule has 0 unspecified atom stereocenters. The van der Waals surface area contributed by atoms with E-state index in [1.165, 1.54) is 10.7 Å². The van der Waals surface area contributed by atoms with Crippen LogP contribution in [-0.2, 0) is 6.54 Å². The molecule has 0 amide bonds. The van der Waals surface area contributed by atoms with E-state index in [1.54, 1.807) is 12.3 Å². The molecular formula is C14H19N5O2. The molecular weight excluding hydrogens is 270 g/mol. The number of aromatic nitrogens is 3. The summed E-state index contributed by atoms with van der Waals surface area (Å²) in [6.45, 7) is 8.55. The van der Waals surface area contributed by atoms with Gasteiger partial charge < -0.3 is 5.32 Å². The molecule has 2 aromatic rings. The van der Waals surface area contributed by atoms with Gasteiger partial charge in [-0.25, -0.2) is 4.68 Å². The average Bonchev–Trinajstić information content (AvgIpc) is 2.84. The third kappa shape index (κ3) is 3.85. The van der Waals surface area contributed by atoms with Gasteiger partial charge in [-0.2, -0.15) is 0 Å². The van der Waals surface area contributed by atoms with E-state index in [-0.39, 0.29) is 11.2 Å². The number of hydrogen-bond donors (Lipinski definition) is 1. The van der Waals surface area contributed by atoms with Crippen LogP contribution in [0.1, 0.15) is 32.0 Å². The van der Waals surface area contributed by atoms with E-state index >= 15 is 0 Å². The van der Waals surface area contributed by atoms with Crippen LogP contribution >= 0.6 is 0 Å². The van der Waals surface area contributed by atoms with E-state index in [9.17, 15) is 10.1 Å². The Morgan fingerprint density at radius 3 is 2.71 bits per heavy atom. The van der Waals surface area contributed by atoms with Crippen molar-refractivity contribution in [1.82, 2.24) is 20.3 Å².